The largest absolute Gasteiger partial charge is 0.494 e. The van der Waals surface area contributed by atoms with Gasteiger partial charge in [-0.15, -0.1) is 0 Å². The molecule has 5 rings (SSSR count). The van der Waals surface area contributed by atoms with Gasteiger partial charge in [0.25, 0.3) is 5.91 Å². The molecule has 3 aliphatic rings. The van der Waals surface area contributed by atoms with Crippen molar-refractivity contribution in [1.82, 2.24) is 19.4 Å². The molecule has 35 heavy (non-hydrogen) atoms. The van der Waals surface area contributed by atoms with Gasteiger partial charge in [0.15, 0.2) is 0 Å². The average molecular weight is 499 g/mol. The summed E-state index contributed by atoms with van der Waals surface area (Å²) < 4.78 is 33.0. The number of fused-ring (bicyclic) bond motifs is 2. The smallest absolute Gasteiger partial charge is 0.326 e. The van der Waals surface area contributed by atoms with Crippen LogP contribution in [-0.4, -0.2) is 73.9 Å². The molecule has 0 aromatic heterocycles. The minimum atomic E-state index is -3.63. The summed E-state index contributed by atoms with van der Waals surface area (Å²) in [6.45, 7) is 3.95. The third-order valence-electron chi connectivity index (χ3n) is 7.10. The van der Waals surface area contributed by atoms with E-state index in [1.807, 2.05) is 36.1 Å². The highest BCUT2D eigenvalue weighted by atomic mass is 32.2. The second-order valence-electron chi connectivity index (χ2n) is 9.15. The molecule has 0 bridgehead atoms. The summed E-state index contributed by atoms with van der Waals surface area (Å²) in [4.78, 5) is 29.8. The fourth-order valence-electron chi connectivity index (χ4n) is 5.27. The average Bonchev–Trinajstić information content (AvgIpc) is 3.10. The molecule has 3 amide bonds. The lowest BCUT2D eigenvalue weighted by atomic mass is 9.76. The number of nitrogens with zero attached hydrogens (tertiary/aromatic N) is 3. The van der Waals surface area contributed by atoms with Crippen LogP contribution in [0.25, 0.3) is 0 Å². The van der Waals surface area contributed by atoms with Gasteiger partial charge in [-0.1, -0.05) is 24.3 Å². The van der Waals surface area contributed by atoms with Crippen LogP contribution in [0.3, 0.4) is 0 Å². The molecular weight excluding hydrogens is 468 g/mol. The van der Waals surface area contributed by atoms with E-state index in [1.54, 1.807) is 24.3 Å². The van der Waals surface area contributed by atoms with Crippen LogP contribution in [-0.2, 0) is 26.8 Å². The molecule has 0 unspecified atom stereocenters. The Morgan fingerprint density at radius 2 is 1.71 bits per heavy atom. The van der Waals surface area contributed by atoms with Crippen molar-refractivity contribution in [2.75, 3.05) is 39.5 Å². The number of carbonyl (C=O) groups excluding carboxylic acids is 2. The maximum Gasteiger partial charge on any atom is 0.326 e. The molecular formula is C25H30N4O5S. The Morgan fingerprint density at radius 3 is 2.43 bits per heavy atom. The van der Waals surface area contributed by atoms with Gasteiger partial charge < -0.3 is 10.1 Å². The Hall–Kier alpha value is -2.95. The Morgan fingerprint density at radius 1 is 1.00 bits per heavy atom. The molecule has 10 heteroatoms. The molecule has 2 aliphatic heterocycles. The van der Waals surface area contributed by atoms with Gasteiger partial charge in [-0.05, 0) is 61.6 Å². The summed E-state index contributed by atoms with van der Waals surface area (Å²) in [5.74, 6) is 0.405. The highest BCUT2D eigenvalue weighted by Crippen LogP contribution is 2.40. The third kappa shape index (κ3) is 4.19. The van der Waals surface area contributed by atoms with E-state index >= 15 is 0 Å². The molecule has 2 heterocycles. The van der Waals surface area contributed by atoms with Crippen LogP contribution < -0.4 is 10.1 Å². The number of aryl methyl sites for hydroxylation is 1. The van der Waals surface area contributed by atoms with E-state index in [4.69, 9.17) is 4.74 Å². The van der Waals surface area contributed by atoms with Crippen molar-refractivity contribution in [2.24, 2.45) is 0 Å². The van der Waals surface area contributed by atoms with E-state index in [0.29, 0.717) is 31.9 Å². The zero-order valence-corrected chi connectivity index (χ0v) is 20.6. The van der Waals surface area contributed by atoms with E-state index in [9.17, 15) is 18.0 Å². The number of urea groups is 1. The molecule has 2 aromatic rings. The van der Waals surface area contributed by atoms with Crippen molar-refractivity contribution < 1.29 is 22.7 Å². The number of ether oxygens (including phenoxy) is 1. The summed E-state index contributed by atoms with van der Waals surface area (Å²) in [5, 5.41) is 2.98. The SMILES string of the molecule is CCOc1ccc(S(=O)(=O)N2CCN(CN3C(=O)N[C@@]4(CCCc5ccccc54)C3=O)CC2)cc1. The van der Waals surface area contributed by atoms with Gasteiger partial charge in [-0.3, -0.25) is 9.69 Å². The second kappa shape index (κ2) is 9.25. The fraction of sp³-hybridized carbons (Fsp3) is 0.440. The monoisotopic (exact) mass is 498 g/mol. The van der Waals surface area contributed by atoms with E-state index in [1.165, 1.54) is 9.21 Å². The van der Waals surface area contributed by atoms with Crippen molar-refractivity contribution >= 4 is 22.0 Å². The van der Waals surface area contributed by atoms with Crippen LogP contribution in [0.2, 0.25) is 0 Å². The maximum absolute atomic E-state index is 13.5. The first-order valence-corrected chi connectivity index (χ1v) is 13.5. The molecule has 0 radical (unpaired) electrons. The molecule has 1 spiro atoms. The van der Waals surface area contributed by atoms with Gasteiger partial charge in [-0.25, -0.2) is 18.1 Å². The van der Waals surface area contributed by atoms with Gasteiger partial charge in [0.05, 0.1) is 18.2 Å². The highest BCUT2D eigenvalue weighted by molar-refractivity contribution is 7.89. The van der Waals surface area contributed by atoms with Crippen LogP contribution in [0.1, 0.15) is 30.9 Å². The van der Waals surface area contributed by atoms with Crippen molar-refractivity contribution in [1.29, 1.82) is 0 Å². The number of hydrogen-bond acceptors (Lipinski definition) is 6. The number of imide groups is 1. The van der Waals surface area contributed by atoms with Crippen molar-refractivity contribution in [2.45, 2.75) is 36.6 Å². The van der Waals surface area contributed by atoms with E-state index in [0.717, 1.165) is 24.0 Å². The molecule has 2 saturated heterocycles. The van der Waals surface area contributed by atoms with Crippen LogP contribution in [0.4, 0.5) is 4.79 Å². The Balaban J connectivity index is 1.24. The quantitative estimate of drug-likeness (QED) is 0.613. The molecule has 1 N–H and O–H groups in total. The maximum atomic E-state index is 13.5. The lowest BCUT2D eigenvalue weighted by Crippen LogP contribution is -2.53. The van der Waals surface area contributed by atoms with E-state index in [-0.39, 0.29) is 30.6 Å². The zero-order valence-electron chi connectivity index (χ0n) is 19.8. The molecule has 9 nitrogen and oxygen atoms in total. The Bertz CT molecular complexity index is 1220. The molecule has 2 aromatic carbocycles. The van der Waals surface area contributed by atoms with Crippen LogP contribution in [0.5, 0.6) is 5.75 Å². The number of amides is 3. The van der Waals surface area contributed by atoms with Gasteiger partial charge in [0, 0.05) is 26.2 Å². The van der Waals surface area contributed by atoms with Crippen molar-refractivity contribution in [3.63, 3.8) is 0 Å². The summed E-state index contributed by atoms with van der Waals surface area (Å²) in [7, 11) is -3.63. The summed E-state index contributed by atoms with van der Waals surface area (Å²) >= 11 is 0. The first kappa shape index (κ1) is 23.8. The van der Waals surface area contributed by atoms with Crippen LogP contribution >= 0.6 is 0 Å². The molecule has 1 aliphatic carbocycles. The predicted molar refractivity (Wildman–Crippen MR) is 129 cm³/mol. The number of sulfonamides is 1. The molecule has 2 fully saturated rings. The number of benzene rings is 2. The predicted octanol–water partition coefficient (Wildman–Crippen LogP) is 2.13. The lowest BCUT2D eigenvalue weighted by Gasteiger charge is -2.36. The molecule has 186 valence electrons. The number of rotatable bonds is 6. The Kier molecular flexibility index (Phi) is 6.29. The number of piperazine rings is 1. The fourth-order valence-corrected chi connectivity index (χ4v) is 6.70. The Labute approximate surface area is 205 Å². The normalized spacial score (nSPS) is 23.4. The summed E-state index contributed by atoms with van der Waals surface area (Å²) in [6.07, 6.45) is 2.31. The number of hydrogen-bond donors (Lipinski definition) is 1. The van der Waals surface area contributed by atoms with Gasteiger partial charge in [-0.2, -0.15) is 4.31 Å². The third-order valence-corrected chi connectivity index (χ3v) is 9.01. The minimum Gasteiger partial charge on any atom is -0.494 e. The van der Waals surface area contributed by atoms with Crippen molar-refractivity contribution in [3.05, 3.63) is 59.7 Å². The first-order valence-electron chi connectivity index (χ1n) is 12.0. The topological polar surface area (TPSA) is 99.3 Å². The second-order valence-corrected chi connectivity index (χ2v) is 11.1. The molecule has 0 saturated carbocycles. The van der Waals surface area contributed by atoms with Crippen molar-refractivity contribution in [3.8, 4) is 5.75 Å². The summed E-state index contributed by atoms with van der Waals surface area (Å²) in [5.41, 5.74) is 0.991. The highest BCUT2D eigenvalue weighted by Gasteiger charge is 2.54. The van der Waals surface area contributed by atoms with E-state index in [2.05, 4.69) is 5.32 Å². The zero-order chi connectivity index (χ0) is 24.6. The first-order chi connectivity index (χ1) is 16.8. The van der Waals surface area contributed by atoms with Crippen LogP contribution in [0, 0.1) is 0 Å². The lowest BCUT2D eigenvalue weighted by molar-refractivity contribution is -0.133. The van der Waals surface area contributed by atoms with Gasteiger partial charge >= 0.3 is 6.03 Å². The standard InChI is InChI=1S/C25H30N4O5S/c1-2-34-20-9-11-21(12-10-20)35(32,33)28-16-14-27(15-17-28)18-29-23(30)25(26-24(29)31)13-5-7-19-6-3-4-8-22(19)25/h3-4,6,8-12H,2,5,7,13-18H2,1H3,(H,26,31)/t25-/m1/s1. The van der Waals surface area contributed by atoms with Crippen LogP contribution in [0.15, 0.2) is 53.4 Å². The summed E-state index contributed by atoms with van der Waals surface area (Å²) in [6, 6.07) is 13.8. The van der Waals surface area contributed by atoms with E-state index < -0.39 is 21.6 Å². The molecule has 1 atom stereocenters. The van der Waals surface area contributed by atoms with Gasteiger partial charge in [0.2, 0.25) is 10.0 Å². The van der Waals surface area contributed by atoms with Gasteiger partial charge in [0.1, 0.15) is 11.3 Å². The number of carbonyl (C=O) groups is 2. The minimum absolute atomic E-state index is 0.144. The number of nitrogens with one attached hydrogen (secondary N) is 1.